The predicted molar refractivity (Wildman–Crippen MR) is 82.9 cm³/mol. The molecule has 134 valence electrons. The third kappa shape index (κ3) is 3.74. The molecule has 2 heterocycles. The van der Waals surface area contributed by atoms with Gasteiger partial charge in [0, 0.05) is 21.0 Å². The van der Waals surface area contributed by atoms with Gasteiger partial charge in [-0.1, -0.05) is 0 Å². The lowest BCUT2D eigenvalue weighted by Crippen LogP contribution is -2.45. The van der Waals surface area contributed by atoms with Crippen molar-refractivity contribution in [3.63, 3.8) is 0 Å². The molecule has 11 heteroatoms. The summed E-state index contributed by atoms with van der Waals surface area (Å²) in [6.07, 6.45) is 0. The molecule has 0 radical (unpaired) electrons. The van der Waals surface area contributed by atoms with Gasteiger partial charge in [0.25, 0.3) is 0 Å². The zero-order valence-corrected chi connectivity index (χ0v) is 14.6. The van der Waals surface area contributed by atoms with E-state index >= 15 is 0 Å². The number of carbonyl (C=O) groups excluding carboxylic acids is 1. The van der Waals surface area contributed by atoms with E-state index in [0.717, 1.165) is 8.61 Å². The molecule has 0 N–H and O–H groups in total. The summed E-state index contributed by atoms with van der Waals surface area (Å²) in [5.41, 5.74) is 0. The molecule has 0 spiro atoms. The van der Waals surface area contributed by atoms with E-state index in [1.54, 1.807) is 6.92 Å². The van der Waals surface area contributed by atoms with Crippen LogP contribution in [0.15, 0.2) is 18.6 Å². The summed E-state index contributed by atoms with van der Waals surface area (Å²) in [7, 11) is -1.05. The number of hydrogen-bond donors (Lipinski definition) is 0. The average molecular weight is 361 g/mol. The molecule has 0 fully saturated rings. The summed E-state index contributed by atoms with van der Waals surface area (Å²) in [6, 6.07) is -0.530. The van der Waals surface area contributed by atoms with Gasteiger partial charge in [-0.15, -0.1) is 0 Å². The molecule has 24 heavy (non-hydrogen) atoms. The Morgan fingerprint density at radius 3 is 2.58 bits per heavy atom. The van der Waals surface area contributed by atoms with Crippen LogP contribution >= 0.6 is 0 Å². The molecule has 10 nitrogen and oxygen atoms in total. The van der Waals surface area contributed by atoms with Crippen LogP contribution in [0.3, 0.4) is 0 Å². The van der Waals surface area contributed by atoms with Crippen molar-refractivity contribution in [1.82, 2.24) is 8.61 Å². The molecule has 1 aliphatic rings. The molecule has 1 atom stereocenters. The zero-order valence-electron chi connectivity index (χ0n) is 13.8. The molecular formula is C13H19N3O7S. The van der Waals surface area contributed by atoms with Crippen molar-refractivity contribution in [2.24, 2.45) is 4.99 Å². The Morgan fingerprint density at radius 1 is 1.42 bits per heavy atom. The minimum atomic E-state index is -3.80. The van der Waals surface area contributed by atoms with Crippen molar-refractivity contribution in [2.75, 3.05) is 27.2 Å². The summed E-state index contributed by atoms with van der Waals surface area (Å²) in [6.45, 7) is 2.87. The molecule has 0 saturated carbocycles. The number of aliphatic imine (C=N–C) groups is 1. The Hall–Kier alpha value is -1.98. The summed E-state index contributed by atoms with van der Waals surface area (Å²) in [5.74, 6) is -0.808. The van der Waals surface area contributed by atoms with Gasteiger partial charge < -0.3 is 13.6 Å². The van der Waals surface area contributed by atoms with Gasteiger partial charge in [-0.25, -0.2) is 9.10 Å². The fourth-order valence-electron chi connectivity index (χ4n) is 2.11. The van der Waals surface area contributed by atoms with Crippen molar-refractivity contribution in [2.45, 2.75) is 26.5 Å². The predicted octanol–water partition coefficient (Wildman–Crippen LogP) is -0.464. The van der Waals surface area contributed by atoms with Crippen LogP contribution in [0.2, 0.25) is 0 Å². The van der Waals surface area contributed by atoms with Crippen molar-refractivity contribution in [1.29, 1.82) is 0 Å². The van der Waals surface area contributed by atoms with Crippen molar-refractivity contribution in [3.8, 4) is 0 Å². The number of Topliss-reactive ketones (excluding diaryl/α,β-unsaturated/α-hetero) is 1. The fourth-order valence-corrected chi connectivity index (χ4v) is 3.26. The molecule has 2 rings (SSSR count). The minimum absolute atomic E-state index is 0.00371. The van der Waals surface area contributed by atoms with Crippen LogP contribution in [0.25, 0.3) is 0 Å². The lowest BCUT2D eigenvalue weighted by molar-refractivity contribution is -0.111. The van der Waals surface area contributed by atoms with E-state index in [1.165, 1.54) is 21.0 Å². The first-order chi connectivity index (χ1) is 11.1. The smallest absolute Gasteiger partial charge is 0.396 e. The van der Waals surface area contributed by atoms with E-state index in [-0.39, 0.29) is 31.4 Å². The first-order valence-corrected chi connectivity index (χ1v) is 8.48. The first kappa shape index (κ1) is 18.4. The molecule has 1 aromatic rings. The number of carbonyl (C=O) groups is 1. The molecule has 0 aliphatic carbocycles. The van der Waals surface area contributed by atoms with Gasteiger partial charge in [-0.3, -0.25) is 9.79 Å². The Labute approximate surface area is 138 Å². The number of hydrogen-bond acceptors (Lipinski definition) is 8. The van der Waals surface area contributed by atoms with Crippen LogP contribution in [-0.2, 0) is 26.3 Å². The van der Waals surface area contributed by atoms with Crippen LogP contribution in [0, 0.1) is 6.92 Å². The highest BCUT2D eigenvalue weighted by Crippen LogP contribution is 2.17. The molecule has 1 aromatic heterocycles. The average Bonchev–Trinajstić information content (AvgIpc) is 3.03. The molecule has 1 aliphatic heterocycles. The SMILES string of the molecule is CC(=O)C1=NC(COCc2oc(=O)oc2C)CN1S(=O)(=O)N(C)C. The molecule has 0 bridgehead atoms. The van der Waals surface area contributed by atoms with Crippen LogP contribution in [0.5, 0.6) is 0 Å². The van der Waals surface area contributed by atoms with Crippen LogP contribution in [0.1, 0.15) is 18.4 Å². The maximum Gasteiger partial charge on any atom is 0.519 e. The summed E-state index contributed by atoms with van der Waals surface area (Å²) >= 11 is 0. The van der Waals surface area contributed by atoms with Gasteiger partial charge in [0.05, 0.1) is 19.2 Å². The summed E-state index contributed by atoms with van der Waals surface area (Å²) in [4.78, 5) is 26.7. The Bertz CT molecular complexity index is 806. The lowest BCUT2D eigenvalue weighted by Gasteiger charge is -2.23. The van der Waals surface area contributed by atoms with Gasteiger partial charge in [0.2, 0.25) is 0 Å². The second kappa shape index (κ2) is 6.87. The van der Waals surface area contributed by atoms with Crippen LogP contribution in [-0.4, -0.2) is 61.9 Å². The summed E-state index contributed by atoms with van der Waals surface area (Å²) in [5, 5.41) is 0. The van der Waals surface area contributed by atoms with E-state index in [1.807, 2.05) is 0 Å². The highest BCUT2D eigenvalue weighted by molar-refractivity contribution is 7.87. The Morgan fingerprint density at radius 2 is 2.08 bits per heavy atom. The van der Waals surface area contributed by atoms with E-state index < -0.39 is 27.9 Å². The number of rotatable bonds is 7. The molecular weight excluding hydrogens is 342 g/mol. The second-order valence-electron chi connectivity index (χ2n) is 5.43. The van der Waals surface area contributed by atoms with Gasteiger partial charge in [0.15, 0.2) is 17.4 Å². The number of aryl methyl sites for hydroxylation is 1. The lowest BCUT2D eigenvalue weighted by atomic mass is 10.3. The maximum absolute atomic E-state index is 12.3. The maximum atomic E-state index is 12.3. The Kier molecular flexibility index (Phi) is 5.26. The Balaban J connectivity index is 2.04. The molecule has 0 aromatic carbocycles. The monoisotopic (exact) mass is 361 g/mol. The number of amidine groups is 1. The molecule has 0 saturated heterocycles. The van der Waals surface area contributed by atoms with Crippen molar-refractivity contribution in [3.05, 3.63) is 22.1 Å². The quantitative estimate of drug-likeness (QED) is 0.643. The number of nitrogens with zero attached hydrogens (tertiary/aromatic N) is 3. The molecule has 1 unspecified atom stereocenters. The van der Waals surface area contributed by atoms with Crippen molar-refractivity contribution >= 4 is 21.8 Å². The highest BCUT2D eigenvalue weighted by Gasteiger charge is 2.37. The summed E-state index contributed by atoms with van der Waals surface area (Å²) < 4.78 is 41.4. The number of ether oxygens (including phenoxy) is 1. The van der Waals surface area contributed by atoms with E-state index in [4.69, 9.17) is 13.6 Å². The highest BCUT2D eigenvalue weighted by atomic mass is 32.2. The zero-order chi connectivity index (χ0) is 18.1. The molecule has 0 amide bonds. The van der Waals surface area contributed by atoms with Crippen molar-refractivity contribution < 1.29 is 26.8 Å². The third-order valence-corrected chi connectivity index (χ3v) is 5.15. The van der Waals surface area contributed by atoms with Gasteiger partial charge in [0.1, 0.15) is 12.4 Å². The van der Waals surface area contributed by atoms with E-state index in [2.05, 4.69) is 4.99 Å². The topological polar surface area (TPSA) is 123 Å². The van der Waals surface area contributed by atoms with Crippen LogP contribution in [0.4, 0.5) is 0 Å². The fraction of sp³-hybridized carbons (Fsp3) is 0.615. The second-order valence-corrected chi connectivity index (χ2v) is 7.50. The van der Waals surface area contributed by atoms with Gasteiger partial charge in [-0.05, 0) is 6.92 Å². The largest absolute Gasteiger partial charge is 0.519 e. The van der Waals surface area contributed by atoms with Crippen LogP contribution < -0.4 is 5.82 Å². The number of ketones is 1. The minimum Gasteiger partial charge on any atom is -0.396 e. The van der Waals surface area contributed by atoms with E-state index in [9.17, 15) is 18.0 Å². The van der Waals surface area contributed by atoms with E-state index in [0.29, 0.717) is 5.76 Å². The normalized spacial score (nSPS) is 18.3. The standard InChI is InChI=1S/C13H19N3O7S/c1-8(17)12-14-10(5-16(12)24(19,20)15(3)4)6-21-7-11-9(2)22-13(18)23-11/h10H,5-7H2,1-4H3. The third-order valence-electron chi connectivity index (χ3n) is 3.35. The van der Waals surface area contributed by atoms with Gasteiger partial charge >= 0.3 is 16.0 Å². The van der Waals surface area contributed by atoms with Gasteiger partial charge in [-0.2, -0.15) is 12.7 Å². The first-order valence-electron chi connectivity index (χ1n) is 7.09.